The van der Waals surface area contributed by atoms with Crippen molar-refractivity contribution in [2.45, 2.75) is 77.1 Å². The number of guanidine groups is 1. The van der Waals surface area contributed by atoms with E-state index in [-0.39, 0.29) is 36.2 Å². The second kappa shape index (κ2) is 14.3. The SMILES string of the molecule is CN=C(NCCCNC(=O)OC(C)(C)C)N1CCC(OCC2CCCCO2)CC1.I. The van der Waals surface area contributed by atoms with Crippen LogP contribution in [0.2, 0.25) is 0 Å². The van der Waals surface area contributed by atoms with Gasteiger partial charge in [-0.15, -0.1) is 24.0 Å². The molecule has 2 N–H and O–H groups in total. The number of carbonyl (C=O) groups is 1. The summed E-state index contributed by atoms with van der Waals surface area (Å²) in [6.07, 6.45) is 6.60. The van der Waals surface area contributed by atoms with Gasteiger partial charge in [-0.3, -0.25) is 4.99 Å². The Morgan fingerprint density at radius 2 is 1.83 bits per heavy atom. The number of aliphatic imine (C=N–C) groups is 1. The van der Waals surface area contributed by atoms with Crippen LogP contribution in [0.4, 0.5) is 4.79 Å². The monoisotopic (exact) mass is 540 g/mol. The summed E-state index contributed by atoms with van der Waals surface area (Å²) in [5.41, 5.74) is -0.469. The molecule has 0 radical (unpaired) electrons. The fourth-order valence-corrected chi connectivity index (χ4v) is 3.54. The predicted molar refractivity (Wildman–Crippen MR) is 130 cm³/mol. The van der Waals surface area contributed by atoms with Crippen molar-refractivity contribution in [1.82, 2.24) is 15.5 Å². The van der Waals surface area contributed by atoms with Gasteiger partial charge in [-0.25, -0.2) is 4.79 Å². The molecule has 30 heavy (non-hydrogen) atoms. The minimum absolute atomic E-state index is 0. The number of hydrogen-bond acceptors (Lipinski definition) is 5. The van der Waals surface area contributed by atoms with Crippen LogP contribution < -0.4 is 10.6 Å². The maximum atomic E-state index is 11.6. The third-order valence-corrected chi connectivity index (χ3v) is 5.05. The van der Waals surface area contributed by atoms with Crippen molar-refractivity contribution in [3.63, 3.8) is 0 Å². The third kappa shape index (κ3) is 11.0. The number of ether oxygens (including phenoxy) is 3. The third-order valence-electron chi connectivity index (χ3n) is 5.05. The Morgan fingerprint density at radius 3 is 2.43 bits per heavy atom. The molecule has 2 rings (SSSR count). The van der Waals surface area contributed by atoms with Crippen LogP contribution in [0, 0.1) is 0 Å². The van der Waals surface area contributed by atoms with E-state index < -0.39 is 5.60 Å². The minimum atomic E-state index is -0.469. The van der Waals surface area contributed by atoms with Crippen LogP contribution in [0.1, 0.15) is 59.3 Å². The fraction of sp³-hybridized carbons (Fsp3) is 0.905. The lowest BCUT2D eigenvalue weighted by Crippen LogP contribution is -2.47. The maximum Gasteiger partial charge on any atom is 0.407 e. The lowest BCUT2D eigenvalue weighted by atomic mass is 10.1. The molecule has 0 aromatic carbocycles. The van der Waals surface area contributed by atoms with E-state index >= 15 is 0 Å². The van der Waals surface area contributed by atoms with E-state index in [0.29, 0.717) is 12.6 Å². The van der Waals surface area contributed by atoms with Gasteiger partial charge in [0.15, 0.2) is 5.96 Å². The molecule has 0 spiro atoms. The van der Waals surface area contributed by atoms with Gasteiger partial charge in [0.2, 0.25) is 0 Å². The van der Waals surface area contributed by atoms with Gasteiger partial charge in [-0.05, 0) is 59.3 Å². The van der Waals surface area contributed by atoms with Crippen LogP contribution in [0.3, 0.4) is 0 Å². The largest absolute Gasteiger partial charge is 0.444 e. The highest BCUT2D eigenvalue weighted by molar-refractivity contribution is 14.0. The van der Waals surface area contributed by atoms with Crippen LogP contribution in [-0.2, 0) is 14.2 Å². The average Bonchev–Trinajstić information content (AvgIpc) is 2.69. The van der Waals surface area contributed by atoms with E-state index in [4.69, 9.17) is 14.2 Å². The van der Waals surface area contributed by atoms with Gasteiger partial charge in [0.25, 0.3) is 0 Å². The molecule has 0 aromatic heterocycles. The van der Waals surface area contributed by atoms with Crippen LogP contribution in [0.5, 0.6) is 0 Å². The summed E-state index contributed by atoms with van der Waals surface area (Å²) < 4.78 is 17.1. The number of amides is 1. The molecule has 1 atom stereocenters. The van der Waals surface area contributed by atoms with Crippen molar-refractivity contribution in [3.05, 3.63) is 0 Å². The van der Waals surface area contributed by atoms with Gasteiger partial charge in [-0.2, -0.15) is 0 Å². The molecule has 9 heteroatoms. The molecule has 0 aromatic rings. The van der Waals surface area contributed by atoms with Crippen molar-refractivity contribution in [2.75, 3.05) is 46.4 Å². The second-order valence-corrected chi connectivity index (χ2v) is 8.76. The predicted octanol–water partition coefficient (Wildman–Crippen LogP) is 3.14. The Hall–Kier alpha value is -0.810. The zero-order valence-electron chi connectivity index (χ0n) is 19.1. The molecule has 2 heterocycles. The summed E-state index contributed by atoms with van der Waals surface area (Å²) in [5.74, 6) is 0.913. The second-order valence-electron chi connectivity index (χ2n) is 8.76. The van der Waals surface area contributed by atoms with Crippen LogP contribution in [0.15, 0.2) is 4.99 Å². The van der Waals surface area contributed by atoms with Gasteiger partial charge in [0, 0.05) is 39.8 Å². The lowest BCUT2D eigenvalue weighted by molar-refractivity contribution is -0.0721. The Balaban J connectivity index is 0.00000450. The van der Waals surface area contributed by atoms with Crippen molar-refractivity contribution in [2.24, 2.45) is 4.99 Å². The Bertz CT molecular complexity index is 514. The van der Waals surface area contributed by atoms with Gasteiger partial charge < -0.3 is 29.7 Å². The molecule has 1 amide bonds. The first-order valence-corrected chi connectivity index (χ1v) is 11.0. The molecule has 2 saturated heterocycles. The summed E-state index contributed by atoms with van der Waals surface area (Å²) in [7, 11) is 1.81. The zero-order chi connectivity index (χ0) is 21.1. The lowest BCUT2D eigenvalue weighted by Gasteiger charge is -2.35. The summed E-state index contributed by atoms with van der Waals surface area (Å²) in [6, 6.07) is 0. The number of nitrogens with zero attached hydrogens (tertiary/aromatic N) is 2. The van der Waals surface area contributed by atoms with Crippen LogP contribution in [0.25, 0.3) is 0 Å². The van der Waals surface area contributed by atoms with Gasteiger partial charge in [0.1, 0.15) is 5.60 Å². The first-order valence-electron chi connectivity index (χ1n) is 11.0. The Kier molecular flexibility index (Phi) is 13.0. The smallest absolute Gasteiger partial charge is 0.407 e. The number of carbonyl (C=O) groups excluding carboxylic acids is 1. The number of likely N-dealkylation sites (tertiary alicyclic amines) is 1. The van der Waals surface area contributed by atoms with E-state index in [1.165, 1.54) is 12.8 Å². The number of halogens is 1. The topological polar surface area (TPSA) is 84.4 Å². The van der Waals surface area contributed by atoms with Crippen molar-refractivity contribution in [3.8, 4) is 0 Å². The number of rotatable bonds is 7. The quantitative estimate of drug-likeness (QED) is 0.224. The fourth-order valence-electron chi connectivity index (χ4n) is 3.54. The molecule has 0 aliphatic carbocycles. The van der Waals surface area contributed by atoms with Crippen molar-refractivity contribution >= 4 is 36.0 Å². The summed E-state index contributed by atoms with van der Waals surface area (Å²) in [6.45, 7) is 10.4. The molecule has 176 valence electrons. The molecule has 1 unspecified atom stereocenters. The average molecular weight is 540 g/mol. The maximum absolute atomic E-state index is 11.6. The number of hydrogen-bond donors (Lipinski definition) is 2. The van der Waals surface area contributed by atoms with E-state index in [2.05, 4.69) is 20.5 Å². The van der Waals surface area contributed by atoms with Gasteiger partial charge in [0.05, 0.1) is 18.8 Å². The van der Waals surface area contributed by atoms with Gasteiger partial charge >= 0.3 is 6.09 Å². The van der Waals surface area contributed by atoms with E-state index in [1.54, 1.807) is 0 Å². The van der Waals surface area contributed by atoms with Crippen molar-refractivity contribution < 1.29 is 19.0 Å². The zero-order valence-corrected chi connectivity index (χ0v) is 21.4. The first kappa shape index (κ1) is 27.2. The summed E-state index contributed by atoms with van der Waals surface area (Å²) in [5, 5.41) is 6.16. The molecular formula is C21H41IN4O4. The summed E-state index contributed by atoms with van der Waals surface area (Å²) in [4.78, 5) is 18.3. The Morgan fingerprint density at radius 1 is 1.13 bits per heavy atom. The molecule has 0 saturated carbocycles. The minimum Gasteiger partial charge on any atom is -0.444 e. The Labute approximate surface area is 198 Å². The van der Waals surface area contributed by atoms with E-state index in [1.807, 2.05) is 27.8 Å². The highest BCUT2D eigenvalue weighted by Crippen LogP contribution is 2.18. The number of alkyl carbamates (subject to hydrolysis) is 1. The molecule has 2 aliphatic heterocycles. The molecule has 8 nitrogen and oxygen atoms in total. The van der Waals surface area contributed by atoms with E-state index in [0.717, 1.165) is 64.5 Å². The number of nitrogens with one attached hydrogen (secondary N) is 2. The standard InChI is InChI=1S/C21H40N4O4.HI/c1-21(2,3)29-20(26)24-12-7-11-23-19(22-4)25-13-9-17(10-14-25)28-16-18-8-5-6-15-27-18;/h17-18H,5-16H2,1-4H3,(H,22,23)(H,24,26);1H. The first-order chi connectivity index (χ1) is 13.9. The van der Waals surface area contributed by atoms with E-state index in [9.17, 15) is 4.79 Å². The molecule has 0 bridgehead atoms. The normalized spacial score (nSPS) is 21.0. The van der Waals surface area contributed by atoms with Crippen LogP contribution in [-0.4, -0.2) is 81.2 Å². The highest BCUT2D eigenvalue weighted by atomic mass is 127. The van der Waals surface area contributed by atoms with Crippen LogP contribution >= 0.6 is 24.0 Å². The molecule has 2 aliphatic rings. The van der Waals surface area contributed by atoms with Crippen molar-refractivity contribution in [1.29, 1.82) is 0 Å². The summed E-state index contributed by atoms with van der Waals surface area (Å²) >= 11 is 0. The number of piperidine rings is 1. The molecular weight excluding hydrogens is 499 g/mol. The highest BCUT2D eigenvalue weighted by Gasteiger charge is 2.23. The molecule has 2 fully saturated rings. The van der Waals surface area contributed by atoms with Gasteiger partial charge in [-0.1, -0.05) is 0 Å².